The average molecular weight is 231 g/mol. The zero-order valence-electron chi connectivity index (χ0n) is 8.99. The van der Waals surface area contributed by atoms with Gasteiger partial charge >= 0.3 is 0 Å². The molecule has 86 valence electrons. The molecule has 0 saturated heterocycles. The summed E-state index contributed by atoms with van der Waals surface area (Å²) in [6, 6.07) is 1.75. The van der Waals surface area contributed by atoms with Gasteiger partial charge in [0, 0.05) is 7.05 Å². The Morgan fingerprint density at radius 1 is 1.41 bits per heavy atom. The summed E-state index contributed by atoms with van der Waals surface area (Å²) in [6.07, 6.45) is 4.67. The van der Waals surface area contributed by atoms with Crippen LogP contribution in [0, 0.1) is 0 Å². The number of aromatic nitrogens is 4. The van der Waals surface area contributed by atoms with E-state index in [1.807, 2.05) is 0 Å². The molecule has 3 aromatic heterocycles. The monoisotopic (exact) mass is 231 g/mol. The molecule has 3 heterocycles. The summed E-state index contributed by atoms with van der Waals surface area (Å²) in [7, 11) is 1.74. The second kappa shape index (κ2) is 3.48. The molecule has 0 aliphatic rings. The molecule has 7 heteroatoms. The number of hydrogen-bond acceptors (Lipinski definition) is 6. The topological polar surface area (TPSA) is 95.9 Å². The minimum Gasteiger partial charge on any atom is -0.472 e. The first-order chi connectivity index (χ1) is 8.25. The summed E-state index contributed by atoms with van der Waals surface area (Å²) in [5.74, 6) is 1.27. The van der Waals surface area contributed by atoms with Gasteiger partial charge in [-0.1, -0.05) is 5.16 Å². The summed E-state index contributed by atoms with van der Waals surface area (Å²) < 4.78 is 11.6. The van der Waals surface area contributed by atoms with Crippen LogP contribution in [0.15, 0.2) is 33.7 Å². The molecule has 0 aliphatic heterocycles. The third-order valence-corrected chi connectivity index (χ3v) is 2.42. The Bertz CT molecular complexity index is 638. The lowest BCUT2D eigenvalue weighted by Crippen LogP contribution is -1.98. The van der Waals surface area contributed by atoms with E-state index in [2.05, 4.69) is 15.2 Å². The average Bonchev–Trinajstić information content (AvgIpc) is 3.01. The predicted octanol–water partition coefficient (Wildman–Crippen LogP) is 1.31. The van der Waals surface area contributed by atoms with E-state index < -0.39 is 0 Å². The fourth-order valence-corrected chi connectivity index (χ4v) is 1.45. The van der Waals surface area contributed by atoms with E-state index in [4.69, 9.17) is 14.7 Å². The Labute approximate surface area is 95.8 Å². The van der Waals surface area contributed by atoms with Crippen molar-refractivity contribution in [1.82, 2.24) is 19.9 Å². The van der Waals surface area contributed by atoms with Gasteiger partial charge in [-0.25, -0.2) is 0 Å². The Kier molecular flexibility index (Phi) is 1.97. The highest BCUT2D eigenvalue weighted by Gasteiger charge is 2.16. The van der Waals surface area contributed by atoms with E-state index in [9.17, 15) is 0 Å². The highest BCUT2D eigenvalue weighted by Crippen LogP contribution is 2.25. The van der Waals surface area contributed by atoms with E-state index in [-0.39, 0.29) is 0 Å². The Morgan fingerprint density at radius 3 is 2.94 bits per heavy atom. The SMILES string of the molecule is Cn1ncc(-c2nc(-c3ccoc3)no2)c1N. The largest absolute Gasteiger partial charge is 0.472 e. The fraction of sp³-hybridized carbons (Fsp3) is 0.100. The summed E-state index contributed by atoms with van der Waals surface area (Å²) >= 11 is 0. The van der Waals surface area contributed by atoms with Gasteiger partial charge < -0.3 is 14.7 Å². The molecule has 17 heavy (non-hydrogen) atoms. The summed E-state index contributed by atoms with van der Waals surface area (Å²) in [5.41, 5.74) is 7.19. The maximum atomic E-state index is 5.82. The second-order valence-corrected chi connectivity index (χ2v) is 3.50. The van der Waals surface area contributed by atoms with Crippen molar-refractivity contribution in [2.45, 2.75) is 0 Å². The molecule has 0 atom stereocenters. The van der Waals surface area contributed by atoms with Gasteiger partial charge in [0.25, 0.3) is 5.89 Å². The van der Waals surface area contributed by atoms with Crippen molar-refractivity contribution < 1.29 is 8.94 Å². The van der Waals surface area contributed by atoms with Crippen molar-refractivity contribution >= 4 is 5.82 Å². The zero-order valence-corrected chi connectivity index (χ0v) is 8.99. The molecule has 0 spiro atoms. The fourth-order valence-electron chi connectivity index (χ4n) is 1.45. The number of furan rings is 1. The summed E-state index contributed by atoms with van der Waals surface area (Å²) in [5, 5.41) is 7.86. The van der Waals surface area contributed by atoms with Gasteiger partial charge in [0.2, 0.25) is 5.82 Å². The van der Waals surface area contributed by atoms with Crippen LogP contribution in [0.4, 0.5) is 5.82 Å². The van der Waals surface area contributed by atoms with Crippen LogP contribution in [0.25, 0.3) is 22.8 Å². The number of nitrogens with zero attached hydrogens (tertiary/aromatic N) is 4. The van der Waals surface area contributed by atoms with Crippen LogP contribution in [-0.2, 0) is 7.05 Å². The number of rotatable bonds is 2. The number of anilines is 1. The van der Waals surface area contributed by atoms with Crippen LogP contribution in [-0.4, -0.2) is 19.9 Å². The molecule has 7 nitrogen and oxygen atoms in total. The first-order valence-electron chi connectivity index (χ1n) is 4.90. The quantitative estimate of drug-likeness (QED) is 0.714. The van der Waals surface area contributed by atoms with Crippen LogP contribution >= 0.6 is 0 Å². The normalized spacial score (nSPS) is 10.9. The molecule has 3 aromatic rings. The van der Waals surface area contributed by atoms with Crippen molar-refractivity contribution in [2.24, 2.45) is 7.05 Å². The minimum atomic E-state index is 0.340. The van der Waals surface area contributed by atoms with Crippen molar-refractivity contribution in [2.75, 3.05) is 5.73 Å². The van der Waals surface area contributed by atoms with E-state index in [0.29, 0.717) is 23.1 Å². The maximum absolute atomic E-state index is 5.82. The molecule has 3 rings (SSSR count). The second-order valence-electron chi connectivity index (χ2n) is 3.50. The van der Waals surface area contributed by atoms with Gasteiger partial charge in [-0.15, -0.1) is 0 Å². The molecule has 0 radical (unpaired) electrons. The van der Waals surface area contributed by atoms with Crippen molar-refractivity contribution in [3.63, 3.8) is 0 Å². The smallest absolute Gasteiger partial charge is 0.263 e. The highest BCUT2D eigenvalue weighted by molar-refractivity contribution is 5.67. The molecule has 0 bridgehead atoms. The van der Waals surface area contributed by atoms with E-state index in [0.717, 1.165) is 5.56 Å². The molecular weight excluding hydrogens is 222 g/mol. The van der Waals surface area contributed by atoms with Gasteiger partial charge in [-0.3, -0.25) is 4.68 Å². The molecule has 0 unspecified atom stereocenters. The van der Waals surface area contributed by atoms with Gasteiger partial charge in [-0.05, 0) is 6.07 Å². The molecule has 2 N–H and O–H groups in total. The number of aryl methyl sites for hydroxylation is 1. The minimum absolute atomic E-state index is 0.340. The molecule has 0 aromatic carbocycles. The molecule has 0 amide bonds. The van der Waals surface area contributed by atoms with Gasteiger partial charge in [0.05, 0.1) is 18.0 Å². The zero-order chi connectivity index (χ0) is 11.8. The van der Waals surface area contributed by atoms with E-state index >= 15 is 0 Å². The van der Waals surface area contributed by atoms with Crippen molar-refractivity contribution in [3.05, 3.63) is 24.8 Å². The van der Waals surface area contributed by atoms with Crippen LogP contribution < -0.4 is 5.73 Å². The number of hydrogen-bond donors (Lipinski definition) is 1. The van der Waals surface area contributed by atoms with Crippen molar-refractivity contribution in [3.8, 4) is 22.8 Å². The van der Waals surface area contributed by atoms with Crippen LogP contribution in [0.1, 0.15) is 0 Å². The van der Waals surface area contributed by atoms with Crippen molar-refractivity contribution in [1.29, 1.82) is 0 Å². The molecular formula is C10H9N5O2. The molecule has 0 aliphatic carbocycles. The van der Waals surface area contributed by atoms with Crippen LogP contribution in [0.2, 0.25) is 0 Å². The number of nitrogen functional groups attached to an aromatic ring is 1. The summed E-state index contributed by atoms with van der Waals surface area (Å²) in [4.78, 5) is 4.23. The highest BCUT2D eigenvalue weighted by atomic mass is 16.5. The van der Waals surface area contributed by atoms with Crippen LogP contribution in [0.3, 0.4) is 0 Å². The third-order valence-electron chi connectivity index (χ3n) is 2.42. The molecule has 0 fully saturated rings. The first kappa shape index (κ1) is 9.64. The Balaban J connectivity index is 2.04. The number of nitrogens with two attached hydrogens (primary N) is 1. The predicted molar refractivity (Wildman–Crippen MR) is 58.6 cm³/mol. The first-order valence-corrected chi connectivity index (χ1v) is 4.90. The third kappa shape index (κ3) is 1.48. The van der Waals surface area contributed by atoms with Gasteiger partial charge in [0.1, 0.15) is 17.6 Å². The standard InChI is InChI=1S/C10H9N5O2/c1-15-8(11)7(4-12-15)10-13-9(14-17-10)6-2-3-16-5-6/h2-5H,11H2,1H3. The van der Waals surface area contributed by atoms with Gasteiger partial charge in [-0.2, -0.15) is 10.1 Å². The van der Waals surface area contributed by atoms with E-state index in [1.54, 1.807) is 31.8 Å². The molecule has 0 saturated carbocycles. The summed E-state index contributed by atoms with van der Waals surface area (Å²) in [6.45, 7) is 0. The van der Waals surface area contributed by atoms with Gasteiger partial charge in [0.15, 0.2) is 0 Å². The maximum Gasteiger partial charge on any atom is 0.263 e. The lowest BCUT2D eigenvalue weighted by atomic mass is 10.3. The lowest BCUT2D eigenvalue weighted by Gasteiger charge is -1.93. The Hall–Kier alpha value is -2.57. The lowest BCUT2D eigenvalue weighted by molar-refractivity contribution is 0.432. The van der Waals surface area contributed by atoms with E-state index in [1.165, 1.54) is 4.68 Å². The van der Waals surface area contributed by atoms with Crippen LogP contribution in [0.5, 0.6) is 0 Å². The Morgan fingerprint density at radius 2 is 2.29 bits per heavy atom.